The normalized spacial score (nSPS) is 19.5. The van der Waals surface area contributed by atoms with Crippen molar-refractivity contribution in [2.75, 3.05) is 0 Å². The SMILES string of the molecule is Cc1ccc(C(C)NC(N)=NC2CCCC2)s1. The van der Waals surface area contributed by atoms with E-state index in [4.69, 9.17) is 5.73 Å². The summed E-state index contributed by atoms with van der Waals surface area (Å²) in [5, 5.41) is 3.27. The average Bonchev–Trinajstić information content (AvgIpc) is 2.89. The van der Waals surface area contributed by atoms with Crippen LogP contribution in [0.4, 0.5) is 0 Å². The number of aryl methyl sites for hydroxylation is 1. The molecule has 1 atom stereocenters. The summed E-state index contributed by atoms with van der Waals surface area (Å²) in [5.41, 5.74) is 5.94. The standard InChI is InChI=1S/C13H21N3S/c1-9-7-8-12(17-9)10(2)15-13(14)16-11-5-3-4-6-11/h7-8,10-11H,3-6H2,1-2H3,(H3,14,15,16). The van der Waals surface area contributed by atoms with Crippen LogP contribution >= 0.6 is 11.3 Å². The van der Waals surface area contributed by atoms with Crippen LogP contribution in [0.5, 0.6) is 0 Å². The van der Waals surface area contributed by atoms with Crippen molar-refractivity contribution in [2.45, 2.75) is 51.6 Å². The van der Waals surface area contributed by atoms with E-state index in [9.17, 15) is 0 Å². The molecule has 0 radical (unpaired) electrons. The number of nitrogens with two attached hydrogens (primary N) is 1. The largest absolute Gasteiger partial charge is 0.370 e. The molecule has 1 aliphatic rings. The van der Waals surface area contributed by atoms with Crippen LogP contribution in [0.1, 0.15) is 48.4 Å². The monoisotopic (exact) mass is 251 g/mol. The lowest BCUT2D eigenvalue weighted by molar-refractivity contribution is 0.674. The Labute approximate surface area is 107 Å². The van der Waals surface area contributed by atoms with Gasteiger partial charge in [-0.1, -0.05) is 12.8 Å². The molecule has 1 aliphatic carbocycles. The summed E-state index contributed by atoms with van der Waals surface area (Å²) in [7, 11) is 0. The molecule has 1 unspecified atom stereocenters. The molecular formula is C13H21N3S. The molecule has 1 aromatic rings. The Morgan fingerprint density at radius 1 is 1.47 bits per heavy atom. The smallest absolute Gasteiger partial charge is 0.189 e. The third-order valence-corrected chi connectivity index (χ3v) is 4.38. The molecule has 1 heterocycles. The molecule has 0 spiro atoms. The van der Waals surface area contributed by atoms with Crippen LogP contribution in [0.3, 0.4) is 0 Å². The van der Waals surface area contributed by atoms with E-state index in [2.05, 4.69) is 36.3 Å². The van der Waals surface area contributed by atoms with Crippen molar-refractivity contribution in [3.8, 4) is 0 Å². The van der Waals surface area contributed by atoms with Crippen molar-refractivity contribution in [3.63, 3.8) is 0 Å². The van der Waals surface area contributed by atoms with E-state index in [-0.39, 0.29) is 6.04 Å². The first-order valence-corrected chi connectivity index (χ1v) is 7.13. The number of hydrogen-bond donors (Lipinski definition) is 2. The van der Waals surface area contributed by atoms with Crippen molar-refractivity contribution in [1.29, 1.82) is 0 Å². The number of thiophene rings is 1. The van der Waals surface area contributed by atoms with Crippen molar-refractivity contribution < 1.29 is 0 Å². The highest BCUT2D eigenvalue weighted by atomic mass is 32.1. The van der Waals surface area contributed by atoms with Crippen LogP contribution < -0.4 is 11.1 Å². The minimum absolute atomic E-state index is 0.249. The lowest BCUT2D eigenvalue weighted by Gasteiger charge is -2.14. The molecule has 1 saturated carbocycles. The van der Waals surface area contributed by atoms with Gasteiger partial charge in [-0.15, -0.1) is 11.3 Å². The third kappa shape index (κ3) is 3.46. The second-order valence-electron chi connectivity index (χ2n) is 4.77. The zero-order valence-electron chi connectivity index (χ0n) is 10.6. The van der Waals surface area contributed by atoms with Crippen molar-refractivity contribution in [2.24, 2.45) is 10.7 Å². The molecule has 0 aliphatic heterocycles. The van der Waals surface area contributed by atoms with Gasteiger partial charge in [-0.05, 0) is 38.8 Å². The molecule has 0 amide bonds. The minimum Gasteiger partial charge on any atom is -0.370 e. The average molecular weight is 251 g/mol. The number of nitrogens with zero attached hydrogens (tertiary/aromatic N) is 1. The van der Waals surface area contributed by atoms with E-state index in [0.717, 1.165) is 0 Å². The lowest BCUT2D eigenvalue weighted by atomic mass is 10.2. The highest BCUT2D eigenvalue weighted by Gasteiger charge is 2.15. The fourth-order valence-corrected chi connectivity index (χ4v) is 3.13. The maximum absolute atomic E-state index is 5.94. The Morgan fingerprint density at radius 3 is 2.76 bits per heavy atom. The maximum atomic E-state index is 5.94. The summed E-state index contributed by atoms with van der Waals surface area (Å²) in [6.07, 6.45) is 4.96. The van der Waals surface area contributed by atoms with Crippen LogP contribution in [0.15, 0.2) is 17.1 Å². The first-order chi connectivity index (χ1) is 8.15. The van der Waals surface area contributed by atoms with Gasteiger partial charge in [0.05, 0.1) is 12.1 Å². The summed E-state index contributed by atoms with van der Waals surface area (Å²) in [6, 6.07) is 4.99. The number of rotatable bonds is 3. The fraction of sp³-hybridized carbons (Fsp3) is 0.615. The van der Waals surface area contributed by atoms with Gasteiger partial charge in [-0.3, -0.25) is 4.99 Å². The summed E-state index contributed by atoms with van der Waals surface area (Å²) in [6.45, 7) is 4.25. The van der Waals surface area contributed by atoms with E-state index in [1.54, 1.807) is 0 Å². The topological polar surface area (TPSA) is 50.4 Å². The number of hydrogen-bond acceptors (Lipinski definition) is 2. The predicted molar refractivity (Wildman–Crippen MR) is 74.5 cm³/mol. The van der Waals surface area contributed by atoms with Crippen LogP contribution in [-0.4, -0.2) is 12.0 Å². The van der Waals surface area contributed by atoms with Crippen LogP contribution in [0, 0.1) is 6.92 Å². The zero-order chi connectivity index (χ0) is 12.3. The second-order valence-corrected chi connectivity index (χ2v) is 6.09. The highest BCUT2D eigenvalue weighted by Crippen LogP contribution is 2.23. The van der Waals surface area contributed by atoms with Gasteiger partial charge in [-0.25, -0.2) is 0 Å². The van der Waals surface area contributed by atoms with E-state index in [0.29, 0.717) is 12.0 Å². The Balaban J connectivity index is 1.91. The van der Waals surface area contributed by atoms with Gasteiger partial charge in [0.15, 0.2) is 5.96 Å². The van der Waals surface area contributed by atoms with Crippen LogP contribution in [0.25, 0.3) is 0 Å². The molecule has 1 fully saturated rings. The Hall–Kier alpha value is -1.03. The maximum Gasteiger partial charge on any atom is 0.189 e. The van der Waals surface area contributed by atoms with E-state index in [1.165, 1.54) is 35.4 Å². The van der Waals surface area contributed by atoms with Gasteiger partial charge in [0.25, 0.3) is 0 Å². The Morgan fingerprint density at radius 2 is 2.18 bits per heavy atom. The van der Waals surface area contributed by atoms with E-state index < -0.39 is 0 Å². The van der Waals surface area contributed by atoms with Crippen LogP contribution in [0.2, 0.25) is 0 Å². The fourth-order valence-electron chi connectivity index (χ4n) is 2.25. The van der Waals surface area contributed by atoms with Crippen molar-refractivity contribution in [1.82, 2.24) is 5.32 Å². The first-order valence-electron chi connectivity index (χ1n) is 6.31. The number of guanidine groups is 1. The van der Waals surface area contributed by atoms with E-state index >= 15 is 0 Å². The van der Waals surface area contributed by atoms with Crippen molar-refractivity contribution >= 4 is 17.3 Å². The van der Waals surface area contributed by atoms with Gasteiger partial charge in [-0.2, -0.15) is 0 Å². The summed E-state index contributed by atoms with van der Waals surface area (Å²) < 4.78 is 0. The summed E-state index contributed by atoms with van der Waals surface area (Å²) in [5.74, 6) is 0.593. The third-order valence-electron chi connectivity index (χ3n) is 3.20. The van der Waals surface area contributed by atoms with Crippen molar-refractivity contribution in [3.05, 3.63) is 21.9 Å². The molecule has 1 aromatic heterocycles. The van der Waals surface area contributed by atoms with E-state index in [1.807, 2.05) is 11.3 Å². The van der Waals surface area contributed by atoms with Gasteiger partial charge < -0.3 is 11.1 Å². The molecule has 17 heavy (non-hydrogen) atoms. The van der Waals surface area contributed by atoms with Gasteiger partial charge in [0.2, 0.25) is 0 Å². The molecule has 3 N–H and O–H groups in total. The summed E-state index contributed by atoms with van der Waals surface area (Å²) >= 11 is 1.81. The Kier molecular flexibility index (Phi) is 4.05. The van der Waals surface area contributed by atoms with Gasteiger partial charge in [0, 0.05) is 9.75 Å². The summed E-state index contributed by atoms with van der Waals surface area (Å²) in [4.78, 5) is 7.18. The minimum atomic E-state index is 0.249. The highest BCUT2D eigenvalue weighted by molar-refractivity contribution is 7.12. The molecule has 0 bridgehead atoms. The molecule has 0 aromatic carbocycles. The number of nitrogens with one attached hydrogen (secondary N) is 1. The molecule has 2 rings (SSSR count). The quantitative estimate of drug-likeness (QED) is 0.641. The lowest BCUT2D eigenvalue weighted by Crippen LogP contribution is -2.34. The molecule has 0 saturated heterocycles. The Bertz CT molecular complexity index is 391. The number of aliphatic imine (C=N–C) groups is 1. The van der Waals surface area contributed by atoms with Crippen LogP contribution in [-0.2, 0) is 0 Å². The van der Waals surface area contributed by atoms with Gasteiger partial charge >= 0.3 is 0 Å². The molecule has 3 nitrogen and oxygen atoms in total. The second kappa shape index (κ2) is 5.54. The molecular weight excluding hydrogens is 230 g/mol. The molecule has 94 valence electrons. The first kappa shape index (κ1) is 12.4. The van der Waals surface area contributed by atoms with Gasteiger partial charge in [0.1, 0.15) is 0 Å². The zero-order valence-corrected chi connectivity index (χ0v) is 11.4. The predicted octanol–water partition coefficient (Wildman–Crippen LogP) is 2.96. The molecule has 4 heteroatoms.